The summed E-state index contributed by atoms with van der Waals surface area (Å²) in [5.41, 5.74) is 2.16. The van der Waals surface area contributed by atoms with Crippen molar-refractivity contribution in [2.24, 2.45) is 0 Å². The molecule has 2 aromatic heterocycles. The van der Waals surface area contributed by atoms with E-state index in [0.29, 0.717) is 36.5 Å². The first-order valence-corrected chi connectivity index (χ1v) is 10.5. The smallest absolute Gasteiger partial charge is 0.270 e. The lowest BCUT2D eigenvalue weighted by Gasteiger charge is -2.29. The lowest BCUT2D eigenvalue weighted by molar-refractivity contribution is 0.0804. The molecule has 0 aliphatic carbocycles. The van der Waals surface area contributed by atoms with Crippen LogP contribution in [0.15, 0.2) is 30.2 Å². The Morgan fingerprint density at radius 3 is 2.97 bits per heavy atom. The number of carbonyl (C=O) groups is 1. The molecule has 4 heterocycles. The molecule has 1 atom stereocenters. The molecule has 0 unspecified atom stereocenters. The van der Waals surface area contributed by atoms with E-state index in [1.165, 1.54) is 17.6 Å². The van der Waals surface area contributed by atoms with Crippen LogP contribution < -0.4 is 10.2 Å². The molecule has 7 nitrogen and oxygen atoms in total. The van der Waals surface area contributed by atoms with Gasteiger partial charge in [-0.25, -0.2) is 14.4 Å². The van der Waals surface area contributed by atoms with E-state index in [-0.39, 0.29) is 5.91 Å². The van der Waals surface area contributed by atoms with E-state index in [4.69, 9.17) is 5.41 Å². The predicted molar refractivity (Wildman–Crippen MR) is 112 cm³/mol. The number of fused-ring (bicyclic) bond motifs is 1. The summed E-state index contributed by atoms with van der Waals surface area (Å²) in [6, 6.07) is 3.82. The molecule has 29 heavy (non-hydrogen) atoms. The van der Waals surface area contributed by atoms with Crippen molar-refractivity contribution < 1.29 is 9.18 Å². The van der Waals surface area contributed by atoms with Gasteiger partial charge < -0.3 is 20.5 Å². The number of aromatic nitrogens is 2. The predicted octanol–water partition coefficient (Wildman–Crippen LogP) is 2.85. The number of piperidine rings is 1. The fourth-order valence-electron chi connectivity index (χ4n) is 3.68. The number of carbonyl (C=O) groups excluding carboxylic acids is 1. The highest BCUT2D eigenvalue weighted by atomic mass is 32.1. The Bertz CT molecular complexity index is 941. The van der Waals surface area contributed by atoms with Gasteiger partial charge >= 0.3 is 0 Å². The Labute approximate surface area is 172 Å². The maximum atomic E-state index is 13.7. The van der Waals surface area contributed by atoms with Gasteiger partial charge in [0.2, 0.25) is 0 Å². The third-order valence-corrected chi connectivity index (χ3v) is 6.28. The van der Waals surface area contributed by atoms with Crippen LogP contribution in [0.25, 0.3) is 10.6 Å². The number of halogens is 1. The minimum atomic E-state index is -0.798. The van der Waals surface area contributed by atoms with Gasteiger partial charge in [0, 0.05) is 50.7 Å². The molecular formula is C20H23FN6OS. The molecule has 0 aromatic carbocycles. The van der Waals surface area contributed by atoms with Gasteiger partial charge in [0.05, 0.1) is 17.9 Å². The maximum absolute atomic E-state index is 13.7. The molecule has 0 radical (unpaired) electrons. The van der Waals surface area contributed by atoms with E-state index in [0.717, 1.165) is 35.0 Å². The number of alkyl halides is 1. The minimum Gasteiger partial charge on any atom is -0.392 e. The molecule has 0 spiro atoms. The van der Waals surface area contributed by atoms with Crippen LogP contribution in [0.2, 0.25) is 0 Å². The van der Waals surface area contributed by atoms with Crippen LogP contribution in [0.3, 0.4) is 0 Å². The molecule has 0 saturated carbocycles. The van der Waals surface area contributed by atoms with E-state index < -0.39 is 6.17 Å². The number of thiazole rings is 1. The number of rotatable bonds is 5. The molecule has 1 amide bonds. The Morgan fingerprint density at radius 2 is 2.28 bits per heavy atom. The third-order valence-electron chi connectivity index (χ3n) is 5.14. The van der Waals surface area contributed by atoms with Gasteiger partial charge in [-0.15, -0.1) is 11.3 Å². The first-order chi connectivity index (χ1) is 14.1. The number of hydrogen-bond donors (Lipinski definition) is 2. The summed E-state index contributed by atoms with van der Waals surface area (Å²) in [6.07, 6.45) is 5.86. The molecule has 1 saturated heterocycles. The highest BCUT2D eigenvalue weighted by Gasteiger charge is 2.30. The van der Waals surface area contributed by atoms with Crippen molar-refractivity contribution in [2.75, 3.05) is 31.6 Å². The van der Waals surface area contributed by atoms with Crippen LogP contribution in [0.5, 0.6) is 0 Å². The molecule has 1 fully saturated rings. The van der Waals surface area contributed by atoms with E-state index in [2.05, 4.69) is 15.3 Å². The number of nitrogens with one attached hydrogen (secondary N) is 2. The van der Waals surface area contributed by atoms with Crippen LogP contribution in [0, 0.1) is 5.41 Å². The van der Waals surface area contributed by atoms with Crippen LogP contribution in [0.4, 0.5) is 10.2 Å². The lowest BCUT2D eigenvalue weighted by Crippen LogP contribution is -2.37. The summed E-state index contributed by atoms with van der Waals surface area (Å²) in [5, 5.41) is 11.2. The molecule has 2 aliphatic rings. The van der Waals surface area contributed by atoms with Crippen molar-refractivity contribution in [2.45, 2.75) is 25.4 Å². The summed E-state index contributed by atoms with van der Waals surface area (Å²) >= 11 is 1.35. The third kappa shape index (κ3) is 3.87. The highest BCUT2D eigenvalue weighted by Crippen LogP contribution is 2.33. The van der Waals surface area contributed by atoms with Crippen LogP contribution >= 0.6 is 11.3 Å². The van der Waals surface area contributed by atoms with Crippen molar-refractivity contribution in [3.8, 4) is 10.6 Å². The molecule has 9 heteroatoms. The highest BCUT2D eigenvalue weighted by molar-refractivity contribution is 7.17. The first-order valence-electron chi connectivity index (χ1n) is 9.65. The SMILES string of the molecule is CN/C=C(\C=N)N1CCc2nc(-c3ccc(N4CCC[C@@H](F)C4)nc3)sc2C1=O. The second kappa shape index (κ2) is 8.28. The van der Waals surface area contributed by atoms with Gasteiger partial charge in [0.25, 0.3) is 5.91 Å². The molecule has 0 bridgehead atoms. The Balaban J connectivity index is 1.55. The Morgan fingerprint density at radius 1 is 1.41 bits per heavy atom. The van der Waals surface area contributed by atoms with Gasteiger partial charge in [0.15, 0.2) is 0 Å². The summed E-state index contributed by atoms with van der Waals surface area (Å²) in [5.74, 6) is 0.638. The van der Waals surface area contributed by atoms with Crippen LogP contribution in [-0.4, -0.2) is 59.8 Å². The second-order valence-corrected chi connectivity index (χ2v) is 8.09. The van der Waals surface area contributed by atoms with Gasteiger partial charge in [-0.1, -0.05) is 0 Å². The summed E-state index contributed by atoms with van der Waals surface area (Å²) < 4.78 is 13.7. The van der Waals surface area contributed by atoms with Crippen molar-refractivity contribution in [1.29, 1.82) is 5.41 Å². The van der Waals surface area contributed by atoms with Gasteiger partial charge in [0.1, 0.15) is 21.9 Å². The average molecular weight is 415 g/mol. The standard InChI is InChI=1S/C20H23FN6OS/c1-23-11-15(9-22)27-8-6-16-18(20(27)28)29-19(25-16)13-4-5-17(24-10-13)26-7-2-3-14(21)12-26/h4-5,9-11,14,22-23H,2-3,6-8,12H2,1H3/b15-11+,22-9?/t14-/m1/s1. The average Bonchev–Trinajstić information content (AvgIpc) is 3.18. The van der Waals surface area contributed by atoms with Crippen LogP contribution in [-0.2, 0) is 6.42 Å². The number of pyridine rings is 1. The minimum absolute atomic E-state index is 0.133. The summed E-state index contributed by atoms with van der Waals surface area (Å²) in [7, 11) is 1.74. The zero-order chi connectivity index (χ0) is 20.4. The molecule has 4 rings (SSSR count). The topological polar surface area (TPSA) is 85.2 Å². The van der Waals surface area contributed by atoms with E-state index in [1.807, 2.05) is 17.0 Å². The van der Waals surface area contributed by atoms with Crippen LogP contribution in [0.1, 0.15) is 28.2 Å². The van der Waals surface area contributed by atoms with E-state index in [9.17, 15) is 9.18 Å². The maximum Gasteiger partial charge on any atom is 0.270 e. The quantitative estimate of drug-likeness (QED) is 0.735. The number of nitrogens with zero attached hydrogens (tertiary/aromatic N) is 4. The number of hydrogen-bond acceptors (Lipinski definition) is 7. The zero-order valence-corrected chi connectivity index (χ0v) is 17.0. The lowest BCUT2D eigenvalue weighted by atomic mass is 10.1. The van der Waals surface area contributed by atoms with E-state index >= 15 is 0 Å². The molecule has 152 valence electrons. The number of amides is 1. The van der Waals surface area contributed by atoms with Crippen molar-refractivity contribution >= 4 is 29.3 Å². The fraction of sp³-hybridized carbons (Fsp3) is 0.400. The van der Waals surface area contributed by atoms with Gasteiger partial charge in [-0.2, -0.15) is 0 Å². The summed E-state index contributed by atoms with van der Waals surface area (Å²) in [4.78, 5) is 26.2. The van der Waals surface area contributed by atoms with Crippen molar-refractivity contribution in [1.82, 2.24) is 20.2 Å². The number of allylic oxidation sites excluding steroid dienone is 1. The normalized spacial score (nSPS) is 19.9. The molecule has 2 N–H and O–H groups in total. The monoisotopic (exact) mass is 414 g/mol. The first kappa shape index (κ1) is 19.5. The Kier molecular flexibility index (Phi) is 5.57. The van der Waals surface area contributed by atoms with Crippen molar-refractivity contribution in [3.05, 3.63) is 40.8 Å². The van der Waals surface area contributed by atoms with E-state index in [1.54, 1.807) is 24.3 Å². The molecule has 2 aromatic rings. The van der Waals surface area contributed by atoms with Gasteiger partial charge in [-0.05, 0) is 25.0 Å². The fourth-order valence-corrected chi connectivity index (χ4v) is 4.73. The number of anilines is 1. The van der Waals surface area contributed by atoms with Crippen molar-refractivity contribution in [3.63, 3.8) is 0 Å². The molecule has 2 aliphatic heterocycles. The van der Waals surface area contributed by atoms with Gasteiger partial charge in [-0.3, -0.25) is 4.79 Å². The zero-order valence-electron chi connectivity index (χ0n) is 16.2. The second-order valence-electron chi connectivity index (χ2n) is 7.09. The Hall–Kier alpha value is -2.81. The molecular weight excluding hydrogens is 391 g/mol. The summed E-state index contributed by atoms with van der Waals surface area (Å²) in [6.45, 7) is 1.70. The largest absolute Gasteiger partial charge is 0.392 e.